The molecule has 0 spiro atoms. The number of hydrogen-bond acceptors (Lipinski definition) is 4. The molecule has 0 unspecified atom stereocenters. The monoisotopic (exact) mass is 476 g/mol. The van der Waals surface area contributed by atoms with Crippen LogP contribution < -0.4 is 5.69 Å². The van der Waals surface area contributed by atoms with Crippen LogP contribution in [0, 0.1) is 19.3 Å². The summed E-state index contributed by atoms with van der Waals surface area (Å²) in [5.74, 6) is 0.0558. The molecule has 1 aliphatic carbocycles. The number of rotatable bonds is 4. The summed E-state index contributed by atoms with van der Waals surface area (Å²) in [4.78, 5) is 48.1. The van der Waals surface area contributed by atoms with Crippen LogP contribution in [0.2, 0.25) is 0 Å². The molecule has 5 atom stereocenters. The first-order chi connectivity index (χ1) is 16.7. The lowest BCUT2D eigenvalue weighted by molar-refractivity contribution is -0.143. The van der Waals surface area contributed by atoms with Gasteiger partial charge in [-0.3, -0.25) is 14.2 Å². The molecule has 2 aliphatic heterocycles. The highest BCUT2D eigenvalue weighted by atomic mass is 16.2. The van der Waals surface area contributed by atoms with E-state index in [1.807, 2.05) is 31.2 Å². The van der Waals surface area contributed by atoms with Crippen molar-refractivity contribution in [3.63, 3.8) is 0 Å². The average Bonchev–Trinajstić information content (AvgIpc) is 2.95. The number of hydrogen-bond donors (Lipinski definition) is 0. The highest BCUT2D eigenvalue weighted by Gasteiger charge is 2.63. The number of benzene rings is 1. The van der Waals surface area contributed by atoms with E-state index in [1.54, 1.807) is 13.8 Å². The predicted octanol–water partition coefficient (Wildman–Crippen LogP) is 3.25. The van der Waals surface area contributed by atoms with E-state index in [1.165, 1.54) is 10.1 Å². The fourth-order valence-corrected chi connectivity index (χ4v) is 7.35. The summed E-state index contributed by atoms with van der Waals surface area (Å²) < 4.78 is 1.49. The van der Waals surface area contributed by atoms with Crippen molar-refractivity contribution in [3.05, 3.63) is 63.8 Å². The Hall–Kier alpha value is -2.96. The van der Waals surface area contributed by atoms with Gasteiger partial charge in [0.25, 0.3) is 0 Å². The van der Waals surface area contributed by atoms with Crippen LogP contribution in [0.25, 0.3) is 0 Å². The van der Waals surface area contributed by atoms with Crippen LogP contribution in [0.4, 0.5) is 0 Å². The maximum Gasteiger partial charge on any atom is 0.348 e. The summed E-state index contributed by atoms with van der Waals surface area (Å²) >= 11 is 0. The minimum absolute atomic E-state index is 0.0101. The third-order valence-corrected chi connectivity index (χ3v) is 8.79. The number of carbonyl (C=O) groups is 2. The first kappa shape index (κ1) is 23.8. The SMILES string of the molecule is CC(=O)N1[C@H](Cc2ccccc2)[C@@H]2C[C@@]3(C)[C@H](CCCC[C@@H]13)N2C(=O)Cn1c(C)cc(C)nc1=O. The van der Waals surface area contributed by atoms with E-state index in [0.717, 1.165) is 44.2 Å². The van der Waals surface area contributed by atoms with Gasteiger partial charge in [0.15, 0.2) is 0 Å². The van der Waals surface area contributed by atoms with Crippen molar-refractivity contribution in [2.45, 2.75) is 96.9 Å². The van der Waals surface area contributed by atoms with E-state index in [9.17, 15) is 14.4 Å². The highest BCUT2D eigenvalue weighted by molar-refractivity contribution is 5.79. The Morgan fingerprint density at radius 2 is 1.71 bits per heavy atom. The van der Waals surface area contributed by atoms with Crippen molar-refractivity contribution < 1.29 is 9.59 Å². The van der Waals surface area contributed by atoms with E-state index in [4.69, 9.17) is 0 Å². The summed E-state index contributed by atoms with van der Waals surface area (Å²) in [7, 11) is 0. The van der Waals surface area contributed by atoms with Gasteiger partial charge in [0, 0.05) is 35.8 Å². The molecule has 3 aliphatic rings. The summed E-state index contributed by atoms with van der Waals surface area (Å²) in [5, 5.41) is 0. The molecule has 7 nitrogen and oxygen atoms in total. The molecule has 1 aromatic heterocycles. The molecular formula is C28H36N4O3. The Labute approximate surface area is 207 Å². The summed E-state index contributed by atoms with van der Waals surface area (Å²) in [6, 6.07) is 12.2. The maximum atomic E-state index is 14.0. The van der Waals surface area contributed by atoms with Gasteiger partial charge in [0.1, 0.15) is 6.54 Å². The Morgan fingerprint density at radius 3 is 2.34 bits per heavy atom. The largest absolute Gasteiger partial charge is 0.348 e. The Morgan fingerprint density at radius 1 is 1.06 bits per heavy atom. The van der Waals surface area contributed by atoms with Crippen molar-refractivity contribution in [2.24, 2.45) is 5.41 Å². The van der Waals surface area contributed by atoms with Crippen LogP contribution in [0.1, 0.15) is 62.9 Å². The van der Waals surface area contributed by atoms with Crippen molar-refractivity contribution in [3.8, 4) is 0 Å². The fourth-order valence-electron chi connectivity index (χ4n) is 7.35. The smallest absolute Gasteiger partial charge is 0.334 e. The minimum atomic E-state index is -0.380. The molecule has 3 fully saturated rings. The zero-order valence-electron chi connectivity index (χ0n) is 21.2. The number of piperidine rings is 1. The molecule has 2 bridgehead atoms. The van der Waals surface area contributed by atoms with Crippen LogP contribution in [-0.4, -0.2) is 55.3 Å². The lowest BCUT2D eigenvalue weighted by Crippen LogP contribution is -2.61. The molecule has 35 heavy (non-hydrogen) atoms. The maximum absolute atomic E-state index is 14.0. The van der Waals surface area contributed by atoms with Gasteiger partial charge in [-0.05, 0) is 51.2 Å². The normalized spacial score (nSPS) is 29.7. The lowest BCUT2D eigenvalue weighted by atomic mass is 9.69. The van der Waals surface area contributed by atoms with Gasteiger partial charge >= 0.3 is 5.69 Å². The van der Waals surface area contributed by atoms with E-state index in [0.29, 0.717) is 5.69 Å². The summed E-state index contributed by atoms with van der Waals surface area (Å²) in [6.45, 7) is 7.60. The van der Waals surface area contributed by atoms with Gasteiger partial charge in [-0.1, -0.05) is 50.1 Å². The van der Waals surface area contributed by atoms with E-state index in [2.05, 4.69) is 33.8 Å². The first-order valence-corrected chi connectivity index (χ1v) is 12.9. The number of nitrogens with zero attached hydrogens (tertiary/aromatic N) is 4. The molecule has 0 N–H and O–H groups in total. The number of aryl methyl sites for hydroxylation is 2. The van der Waals surface area contributed by atoms with E-state index in [-0.39, 0.29) is 53.6 Å². The van der Waals surface area contributed by atoms with Gasteiger partial charge in [0.2, 0.25) is 11.8 Å². The molecule has 2 saturated heterocycles. The van der Waals surface area contributed by atoms with E-state index >= 15 is 0 Å². The number of likely N-dealkylation sites (tertiary alicyclic amines) is 2. The van der Waals surface area contributed by atoms with Gasteiger partial charge in [-0.2, -0.15) is 4.98 Å². The van der Waals surface area contributed by atoms with Crippen molar-refractivity contribution in [1.82, 2.24) is 19.4 Å². The quantitative estimate of drug-likeness (QED) is 0.679. The molecule has 0 radical (unpaired) electrons. The van der Waals surface area contributed by atoms with Crippen molar-refractivity contribution in [2.75, 3.05) is 0 Å². The summed E-state index contributed by atoms with van der Waals surface area (Å²) in [6.07, 6.45) is 5.65. The van der Waals surface area contributed by atoms with Gasteiger partial charge in [-0.25, -0.2) is 4.79 Å². The zero-order valence-corrected chi connectivity index (χ0v) is 21.2. The van der Waals surface area contributed by atoms with E-state index < -0.39 is 0 Å². The Kier molecular flexibility index (Phi) is 6.06. The molecular weight excluding hydrogens is 440 g/mol. The van der Waals surface area contributed by atoms with Crippen molar-refractivity contribution >= 4 is 11.8 Å². The topological polar surface area (TPSA) is 75.5 Å². The van der Waals surface area contributed by atoms with Gasteiger partial charge in [0.05, 0.1) is 12.1 Å². The van der Waals surface area contributed by atoms with Gasteiger partial charge in [-0.15, -0.1) is 0 Å². The predicted molar refractivity (Wildman–Crippen MR) is 134 cm³/mol. The molecule has 1 aromatic carbocycles. The third-order valence-electron chi connectivity index (χ3n) is 8.79. The summed E-state index contributed by atoms with van der Waals surface area (Å²) in [5.41, 5.74) is 2.06. The molecule has 2 aromatic rings. The number of carbonyl (C=O) groups excluding carboxylic acids is 2. The lowest BCUT2D eigenvalue weighted by Gasteiger charge is -2.50. The fraction of sp³-hybridized carbons (Fsp3) is 0.571. The Balaban J connectivity index is 1.56. The van der Waals surface area contributed by atoms with Crippen LogP contribution in [0.15, 0.2) is 41.2 Å². The number of fused-ring (bicyclic) bond motifs is 1. The average molecular weight is 477 g/mol. The highest BCUT2D eigenvalue weighted by Crippen LogP contribution is 2.55. The minimum Gasteiger partial charge on any atom is -0.334 e. The van der Waals surface area contributed by atoms with Crippen LogP contribution in [-0.2, 0) is 22.6 Å². The molecule has 3 heterocycles. The van der Waals surface area contributed by atoms with Crippen LogP contribution in [0.5, 0.6) is 0 Å². The standard InChI is InChI=1S/C28H36N4O3/c1-18-14-19(2)30(27(35)29-18)17-26(34)32-23-16-28(4)24(12-8-9-13-25(28)32)31(20(3)33)22(23)15-21-10-6-5-7-11-21/h5-7,10-11,14,22-25H,8-9,12-13,15-17H2,1-4H3/t22-,23+,24-,25+,28-/m1/s1. The second kappa shape index (κ2) is 8.92. The second-order valence-corrected chi connectivity index (χ2v) is 11.0. The third kappa shape index (κ3) is 3.99. The first-order valence-electron chi connectivity index (χ1n) is 12.9. The molecule has 1 saturated carbocycles. The van der Waals surface area contributed by atoms with Crippen LogP contribution >= 0.6 is 0 Å². The van der Waals surface area contributed by atoms with Crippen molar-refractivity contribution in [1.29, 1.82) is 0 Å². The Bertz CT molecular complexity index is 1190. The second-order valence-electron chi connectivity index (χ2n) is 11.0. The molecule has 186 valence electrons. The number of aromatic nitrogens is 2. The van der Waals surface area contributed by atoms with Crippen LogP contribution in [0.3, 0.4) is 0 Å². The molecule has 7 heteroatoms. The van der Waals surface area contributed by atoms with Gasteiger partial charge < -0.3 is 9.80 Å². The molecule has 5 rings (SSSR count). The molecule has 2 amide bonds. The number of amides is 2. The zero-order chi connectivity index (χ0) is 24.9.